The molecule has 138 valence electrons. The van der Waals surface area contributed by atoms with Crippen molar-refractivity contribution in [2.75, 3.05) is 7.05 Å². The zero-order valence-corrected chi connectivity index (χ0v) is 15.7. The average Bonchev–Trinajstić information content (AvgIpc) is 2.51. The Labute approximate surface area is 143 Å². The SMILES string of the molecule is CC(=O)O.CCCCCCCCCCCCCCCC(=O)NC. The fraction of sp³-hybridized carbons (Fsp3) is 0.895. The van der Waals surface area contributed by atoms with Gasteiger partial charge in [0.15, 0.2) is 0 Å². The molecule has 0 spiro atoms. The molecule has 0 saturated heterocycles. The summed E-state index contributed by atoms with van der Waals surface area (Å²) in [7, 11) is 1.71. The predicted octanol–water partition coefficient (Wildman–Crippen LogP) is 5.30. The monoisotopic (exact) mass is 329 g/mol. The third-order valence-corrected chi connectivity index (χ3v) is 3.79. The number of unbranched alkanes of at least 4 members (excludes halogenated alkanes) is 12. The van der Waals surface area contributed by atoms with Crippen LogP contribution in [0.15, 0.2) is 0 Å². The lowest BCUT2D eigenvalue weighted by atomic mass is 10.0. The molecule has 0 bridgehead atoms. The van der Waals surface area contributed by atoms with E-state index >= 15 is 0 Å². The highest BCUT2D eigenvalue weighted by Crippen LogP contribution is 2.12. The number of amides is 1. The van der Waals surface area contributed by atoms with Crippen molar-refractivity contribution in [3.8, 4) is 0 Å². The average molecular weight is 330 g/mol. The smallest absolute Gasteiger partial charge is 0.300 e. The van der Waals surface area contributed by atoms with Crippen molar-refractivity contribution in [1.29, 1.82) is 0 Å². The molecule has 23 heavy (non-hydrogen) atoms. The molecule has 0 aromatic rings. The fourth-order valence-electron chi connectivity index (χ4n) is 2.43. The first-order valence-electron chi connectivity index (χ1n) is 9.44. The van der Waals surface area contributed by atoms with E-state index in [-0.39, 0.29) is 5.91 Å². The maximum absolute atomic E-state index is 11.0. The van der Waals surface area contributed by atoms with Gasteiger partial charge in [0.2, 0.25) is 5.91 Å². The predicted molar refractivity (Wildman–Crippen MR) is 97.7 cm³/mol. The maximum atomic E-state index is 11.0. The highest BCUT2D eigenvalue weighted by molar-refractivity contribution is 5.75. The summed E-state index contributed by atoms with van der Waals surface area (Å²) >= 11 is 0. The Bertz CT molecular complexity index is 263. The zero-order chi connectivity index (χ0) is 17.8. The quantitative estimate of drug-likeness (QED) is 0.425. The second kappa shape index (κ2) is 20.9. The Balaban J connectivity index is 0. The fourth-order valence-corrected chi connectivity index (χ4v) is 2.43. The summed E-state index contributed by atoms with van der Waals surface area (Å²) in [6.45, 7) is 3.36. The van der Waals surface area contributed by atoms with Gasteiger partial charge in [-0.25, -0.2) is 0 Å². The zero-order valence-electron chi connectivity index (χ0n) is 15.7. The van der Waals surface area contributed by atoms with Crippen molar-refractivity contribution in [1.82, 2.24) is 5.32 Å². The van der Waals surface area contributed by atoms with Gasteiger partial charge in [-0.05, 0) is 6.42 Å². The van der Waals surface area contributed by atoms with Gasteiger partial charge >= 0.3 is 0 Å². The van der Waals surface area contributed by atoms with Crippen LogP contribution in [0.1, 0.15) is 104 Å². The third kappa shape index (κ3) is 29.6. The number of carbonyl (C=O) groups is 2. The molecule has 0 atom stereocenters. The number of hydrogen-bond acceptors (Lipinski definition) is 2. The van der Waals surface area contributed by atoms with Crippen LogP contribution < -0.4 is 5.32 Å². The summed E-state index contributed by atoms with van der Waals surface area (Å²) < 4.78 is 0. The molecule has 0 aliphatic carbocycles. The molecule has 0 rings (SSSR count). The lowest BCUT2D eigenvalue weighted by Crippen LogP contribution is -2.16. The van der Waals surface area contributed by atoms with Crippen LogP contribution in [0.3, 0.4) is 0 Å². The molecule has 4 nitrogen and oxygen atoms in total. The summed E-state index contributed by atoms with van der Waals surface area (Å²) in [5.41, 5.74) is 0. The van der Waals surface area contributed by atoms with E-state index in [1.54, 1.807) is 7.05 Å². The topological polar surface area (TPSA) is 66.4 Å². The Morgan fingerprint density at radius 1 is 0.739 bits per heavy atom. The molecule has 0 aromatic heterocycles. The van der Waals surface area contributed by atoms with Gasteiger partial charge in [0.25, 0.3) is 5.97 Å². The summed E-state index contributed by atoms with van der Waals surface area (Å²) in [6, 6.07) is 0. The molecule has 2 N–H and O–H groups in total. The van der Waals surface area contributed by atoms with Crippen LogP contribution in [0, 0.1) is 0 Å². The van der Waals surface area contributed by atoms with Gasteiger partial charge in [-0.2, -0.15) is 0 Å². The number of nitrogens with one attached hydrogen (secondary N) is 1. The largest absolute Gasteiger partial charge is 0.481 e. The van der Waals surface area contributed by atoms with Crippen molar-refractivity contribution in [3.05, 3.63) is 0 Å². The molecule has 0 unspecified atom stereocenters. The number of aliphatic carboxylic acids is 1. The molecule has 1 amide bonds. The van der Waals surface area contributed by atoms with E-state index in [2.05, 4.69) is 12.2 Å². The van der Waals surface area contributed by atoms with Crippen molar-refractivity contribution in [3.63, 3.8) is 0 Å². The van der Waals surface area contributed by atoms with Crippen LogP contribution in [0.5, 0.6) is 0 Å². The summed E-state index contributed by atoms with van der Waals surface area (Å²) in [4.78, 5) is 20.0. The van der Waals surface area contributed by atoms with E-state index < -0.39 is 5.97 Å². The van der Waals surface area contributed by atoms with E-state index in [9.17, 15) is 4.79 Å². The molecule has 0 aromatic carbocycles. The lowest BCUT2D eigenvalue weighted by molar-refractivity contribution is -0.134. The lowest BCUT2D eigenvalue weighted by Gasteiger charge is -2.03. The second-order valence-electron chi connectivity index (χ2n) is 6.18. The first-order valence-corrected chi connectivity index (χ1v) is 9.44. The Hall–Kier alpha value is -1.06. The number of carboxylic acid groups (broad SMARTS) is 1. The molecule has 0 aliphatic rings. The van der Waals surface area contributed by atoms with Gasteiger partial charge in [-0.1, -0.05) is 84.0 Å². The minimum Gasteiger partial charge on any atom is -0.481 e. The first-order chi connectivity index (χ1) is 11.0. The maximum Gasteiger partial charge on any atom is 0.300 e. The van der Waals surface area contributed by atoms with Gasteiger partial charge in [0, 0.05) is 20.4 Å². The van der Waals surface area contributed by atoms with Crippen molar-refractivity contribution in [2.24, 2.45) is 0 Å². The number of carbonyl (C=O) groups excluding carboxylic acids is 1. The van der Waals surface area contributed by atoms with Crippen LogP contribution in [0.25, 0.3) is 0 Å². The highest BCUT2D eigenvalue weighted by Gasteiger charge is 1.97. The van der Waals surface area contributed by atoms with E-state index in [0.717, 1.165) is 13.3 Å². The molecule has 0 heterocycles. The van der Waals surface area contributed by atoms with E-state index in [1.807, 2.05) is 0 Å². The minimum absolute atomic E-state index is 0.183. The number of hydrogen-bond donors (Lipinski definition) is 2. The van der Waals surface area contributed by atoms with Gasteiger partial charge < -0.3 is 10.4 Å². The van der Waals surface area contributed by atoms with Crippen LogP contribution in [-0.2, 0) is 9.59 Å². The van der Waals surface area contributed by atoms with E-state index in [0.29, 0.717) is 6.42 Å². The molecular formula is C19H39NO3. The van der Waals surface area contributed by atoms with E-state index in [4.69, 9.17) is 9.90 Å². The summed E-state index contributed by atoms with van der Waals surface area (Å²) in [5.74, 6) is -0.650. The first kappa shape index (κ1) is 24.2. The van der Waals surface area contributed by atoms with Gasteiger partial charge in [0.1, 0.15) is 0 Å². The summed E-state index contributed by atoms with van der Waals surface area (Å²) in [6.07, 6.45) is 18.3. The normalized spacial score (nSPS) is 9.87. The molecule has 0 saturated carbocycles. The molecular weight excluding hydrogens is 290 g/mol. The van der Waals surface area contributed by atoms with Gasteiger partial charge in [-0.3, -0.25) is 9.59 Å². The summed E-state index contributed by atoms with van der Waals surface area (Å²) in [5, 5.41) is 10.1. The number of carboxylic acids is 1. The molecule has 0 fully saturated rings. The van der Waals surface area contributed by atoms with Crippen LogP contribution in [0.2, 0.25) is 0 Å². The molecule has 4 heteroatoms. The van der Waals surface area contributed by atoms with Gasteiger partial charge in [0.05, 0.1) is 0 Å². The third-order valence-electron chi connectivity index (χ3n) is 3.79. The van der Waals surface area contributed by atoms with Crippen molar-refractivity contribution < 1.29 is 14.7 Å². The molecule has 0 aliphatic heterocycles. The van der Waals surface area contributed by atoms with Crippen molar-refractivity contribution >= 4 is 11.9 Å². The van der Waals surface area contributed by atoms with Crippen molar-refractivity contribution in [2.45, 2.75) is 104 Å². The molecule has 0 radical (unpaired) electrons. The highest BCUT2D eigenvalue weighted by atomic mass is 16.4. The van der Waals surface area contributed by atoms with Crippen LogP contribution in [-0.4, -0.2) is 24.0 Å². The standard InChI is InChI=1S/C17H35NO.C2H4O2/c1-3-4-5-6-7-8-9-10-11-12-13-14-15-16-17(19)18-2;1-2(3)4/h3-16H2,1-2H3,(H,18,19);1H3,(H,3,4). The second-order valence-corrected chi connectivity index (χ2v) is 6.18. The van der Waals surface area contributed by atoms with E-state index in [1.165, 1.54) is 77.0 Å². The van der Waals surface area contributed by atoms with Crippen LogP contribution >= 0.6 is 0 Å². The Kier molecular flexibility index (Phi) is 22.0. The van der Waals surface area contributed by atoms with Crippen LogP contribution in [0.4, 0.5) is 0 Å². The Morgan fingerprint density at radius 2 is 1.04 bits per heavy atom. The minimum atomic E-state index is -0.833. The van der Waals surface area contributed by atoms with Gasteiger partial charge in [-0.15, -0.1) is 0 Å². The number of rotatable bonds is 14. The Morgan fingerprint density at radius 3 is 1.35 bits per heavy atom.